The molecule has 0 saturated heterocycles. The Morgan fingerprint density at radius 2 is 1.23 bits per heavy atom. The number of anilines is 4. The van der Waals surface area contributed by atoms with Gasteiger partial charge in [0.1, 0.15) is 24.0 Å². The number of nitrogens with zero attached hydrogens (tertiary/aromatic N) is 4. The lowest BCUT2D eigenvalue weighted by Crippen LogP contribution is -2.24. The molecule has 0 fully saturated rings. The average Bonchev–Trinajstić information content (AvgIpc) is 3.91. The lowest BCUT2D eigenvalue weighted by molar-refractivity contribution is 0.483. The summed E-state index contributed by atoms with van der Waals surface area (Å²) in [7, 11) is 0. The van der Waals surface area contributed by atoms with E-state index in [2.05, 4.69) is 20.8 Å². The molecule has 7 aromatic carbocycles. The standard InChI is InChI=1S/C52H42N4O/c1-52(2,3)38-30-31-53-50(32-38)56-46-25-11-10-22-44(46)45-29-28-41(34-49(45)56)57-40-21-14-20-39(33-40)54-35-55(48-27-13-12-26-47(48)54)51-42(36-16-6-4-7-17-36)23-15-24-43(51)37-18-8-5-9-19-37/h4-34H,35H2,1-3H3/i4D,5D,6D,7D,8D,9D,10D,11D,16D,17D,18D,19D,22D,25D. The molecule has 5 nitrogen and oxygen atoms in total. The van der Waals surface area contributed by atoms with E-state index in [1.807, 2.05) is 64.4 Å². The number of benzene rings is 7. The van der Waals surface area contributed by atoms with Gasteiger partial charge in [-0.05, 0) is 76.7 Å². The number of para-hydroxylation sites is 4. The van der Waals surface area contributed by atoms with Crippen molar-refractivity contribution >= 4 is 44.6 Å². The van der Waals surface area contributed by atoms with Gasteiger partial charge >= 0.3 is 0 Å². The zero-order valence-corrected chi connectivity index (χ0v) is 31.2. The molecule has 9 aromatic rings. The molecule has 0 aliphatic carbocycles. The van der Waals surface area contributed by atoms with Crippen molar-refractivity contribution in [3.8, 4) is 39.6 Å². The van der Waals surface area contributed by atoms with Crippen molar-refractivity contribution in [1.29, 1.82) is 0 Å². The van der Waals surface area contributed by atoms with Crippen molar-refractivity contribution < 1.29 is 23.9 Å². The summed E-state index contributed by atoms with van der Waals surface area (Å²) >= 11 is 0. The number of pyridine rings is 1. The van der Waals surface area contributed by atoms with E-state index in [0.29, 0.717) is 50.7 Å². The first-order valence-electron chi connectivity index (χ1n) is 25.4. The fraction of sp³-hybridized carbons (Fsp3) is 0.0962. The molecule has 0 N–H and O–H groups in total. The van der Waals surface area contributed by atoms with Gasteiger partial charge in [0.15, 0.2) is 0 Å². The Hall–Kier alpha value is -7.11. The fourth-order valence-corrected chi connectivity index (χ4v) is 7.49. The van der Waals surface area contributed by atoms with Crippen molar-refractivity contribution in [3.63, 3.8) is 0 Å². The number of rotatable bonds is 7. The van der Waals surface area contributed by atoms with Crippen molar-refractivity contribution in [2.45, 2.75) is 26.2 Å². The molecule has 0 saturated carbocycles. The predicted molar refractivity (Wildman–Crippen MR) is 237 cm³/mol. The van der Waals surface area contributed by atoms with E-state index in [-0.39, 0.29) is 69.7 Å². The van der Waals surface area contributed by atoms with Crippen molar-refractivity contribution in [2.24, 2.45) is 0 Å². The van der Waals surface area contributed by atoms with E-state index in [0.717, 1.165) is 5.56 Å². The maximum atomic E-state index is 9.03. The maximum Gasteiger partial charge on any atom is 0.137 e. The van der Waals surface area contributed by atoms with E-state index in [1.165, 1.54) is 0 Å². The second kappa shape index (κ2) is 13.9. The molecular formula is C52H42N4O. The Bertz CT molecular complexity index is 3590. The van der Waals surface area contributed by atoms with Gasteiger partial charge in [0.25, 0.3) is 0 Å². The minimum atomic E-state index is -0.577. The van der Waals surface area contributed by atoms with Crippen molar-refractivity contribution in [1.82, 2.24) is 9.55 Å². The van der Waals surface area contributed by atoms with Crippen LogP contribution in [0.2, 0.25) is 0 Å². The second-order valence-electron chi connectivity index (χ2n) is 14.7. The summed E-state index contributed by atoms with van der Waals surface area (Å²) in [5.74, 6) is 1.30. The monoisotopic (exact) mass is 752 g/mol. The van der Waals surface area contributed by atoms with E-state index < -0.39 is 60.4 Å². The Labute approximate surface area is 353 Å². The molecule has 0 atom stereocenters. The van der Waals surface area contributed by atoms with Gasteiger partial charge < -0.3 is 14.5 Å². The minimum absolute atomic E-state index is 0.0533. The summed E-state index contributed by atoms with van der Waals surface area (Å²) < 4.78 is 130. The van der Waals surface area contributed by atoms with Crippen LogP contribution in [0, 0.1) is 0 Å². The van der Waals surface area contributed by atoms with E-state index in [4.69, 9.17) is 28.9 Å². The van der Waals surface area contributed by atoms with Gasteiger partial charge in [0.2, 0.25) is 0 Å². The molecule has 0 amide bonds. The Morgan fingerprint density at radius 1 is 0.579 bits per heavy atom. The summed E-state index contributed by atoms with van der Waals surface area (Å²) in [5.41, 5.74) is 3.89. The van der Waals surface area contributed by atoms with E-state index in [1.54, 1.807) is 53.2 Å². The number of hydrogen-bond acceptors (Lipinski definition) is 4. The van der Waals surface area contributed by atoms with Crippen LogP contribution in [-0.2, 0) is 5.41 Å². The zero-order chi connectivity index (χ0) is 50.7. The Morgan fingerprint density at radius 3 is 1.95 bits per heavy atom. The minimum Gasteiger partial charge on any atom is -0.457 e. The van der Waals surface area contributed by atoms with Gasteiger partial charge in [-0.25, -0.2) is 4.98 Å². The molecule has 10 rings (SSSR count). The van der Waals surface area contributed by atoms with Gasteiger partial charge in [-0.2, -0.15) is 0 Å². The quantitative estimate of drug-likeness (QED) is 0.162. The van der Waals surface area contributed by atoms with Gasteiger partial charge in [-0.3, -0.25) is 4.57 Å². The van der Waals surface area contributed by atoms with Crippen LogP contribution in [0.15, 0.2) is 188 Å². The molecule has 5 heteroatoms. The molecule has 0 radical (unpaired) electrons. The first-order valence-corrected chi connectivity index (χ1v) is 18.4. The van der Waals surface area contributed by atoms with Gasteiger partial charge in [-0.15, -0.1) is 0 Å². The highest BCUT2D eigenvalue weighted by molar-refractivity contribution is 6.09. The van der Waals surface area contributed by atoms with Crippen LogP contribution >= 0.6 is 0 Å². The molecule has 0 spiro atoms. The summed E-state index contributed by atoms with van der Waals surface area (Å²) in [4.78, 5) is 8.51. The molecule has 0 bridgehead atoms. The van der Waals surface area contributed by atoms with Crippen molar-refractivity contribution in [2.75, 3.05) is 16.5 Å². The van der Waals surface area contributed by atoms with Crippen LogP contribution in [-0.4, -0.2) is 16.2 Å². The van der Waals surface area contributed by atoms with Gasteiger partial charge in [-0.1, -0.05) is 136 Å². The Kier molecular flexibility index (Phi) is 5.46. The van der Waals surface area contributed by atoms with Crippen LogP contribution in [0.3, 0.4) is 0 Å². The molecule has 0 unspecified atom stereocenters. The van der Waals surface area contributed by atoms with Gasteiger partial charge in [0, 0.05) is 45.9 Å². The SMILES string of the molecule is [2H]c1c([2H])c([2H])c(-c2cccc(-c3c([2H])c([2H])c([2H])c([2H])c3[2H])c2N2CN(c3cccc(Oc4ccc5c6c([2H])c([2H])c([2H])c([2H])c6n(-c6cc(C(C)(C)C)ccn6)c5c4)c3)c3ccccc32)c([2H])c1[2H]. The lowest BCUT2D eigenvalue weighted by Gasteiger charge is -2.27. The normalized spacial score (nSPS) is 16.1. The fourth-order valence-electron chi connectivity index (χ4n) is 7.49. The number of ether oxygens (including phenoxy) is 1. The third-order valence-corrected chi connectivity index (χ3v) is 10.2. The number of fused-ring (bicyclic) bond motifs is 4. The molecule has 1 aliphatic rings. The highest BCUT2D eigenvalue weighted by Gasteiger charge is 2.31. The van der Waals surface area contributed by atoms with Crippen LogP contribution in [0.5, 0.6) is 11.5 Å². The Balaban J connectivity index is 1.11. The highest BCUT2D eigenvalue weighted by atomic mass is 16.5. The lowest BCUT2D eigenvalue weighted by atomic mass is 9.88. The average molecular weight is 753 g/mol. The third-order valence-electron chi connectivity index (χ3n) is 10.2. The molecule has 57 heavy (non-hydrogen) atoms. The predicted octanol–water partition coefficient (Wildman–Crippen LogP) is 13.8. The first-order chi connectivity index (χ1) is 33.7. The first kappa shape index (κ1) is 22.4. The molecule has 2 aromatic heterocycles. The van der Waals surface area contributed by atoms with E-state index >= 15 is 0 Å². The van der Waals surface area contributed by atoms with Crippen LogP contribution in [0.4, 0.5) is 22.7 Å². The molecule has 1 aliphatic heterocycles. The molecular weight excluding hydrogens is 697 g/mol. The smallest absolute Gasteiger partial charge is 0.137 e. The number of aromatic nitrogens is 2. The summed E-state index contributed by atoms with van der Waals surface area (Å²) in [6.45, 7) is 6.29. The summed E-state index contributed by atoms with van der Waals surface area (Å²) in [5, 5.41) is 0.930. The van der Waals surface area contributed by atoms with Crippen LogP contribution in [0.1, 0.15) is 45.5 Å². The van der Waals surface area contributed by atoms with Crippen LogP contribution in [0.25, 0.3) is 49.9 Å². The van der Waals surface area contributed by atoms with Gasteiger partial charge in [0.05, 0.1) is 47.3 Å². The zero-order valence-electron chi connectivity index (χ0n) is 45.2. The largest absolute Gasteiger partial charge is 0.457 e. The number of hydrogen-bond donors (Lipinski definition) is 0. The van der Waals surface area contributed by atoms with Crippen molar-refractivity contribution in [3.05, 3.63) is 193 Å². The summed E-state index contributed by atoms with van der Waals surface area (Å²) in [6, 6.07) is 22.3. The van der Waals surface area contributed by atoms with E-state index in [9.17, 15) is 0 Å². The molecule has 3 heterocycles. The maximum absolute atomic E-state index is 9.03. The van der Waals surface area contributed by atoms with Crippen LogP contribution < -0.4 is 14.5 Å². The highest BCUT2D eigenvalue weighted by Crippen LogP contribution is 2.50. The second-order valence-corrected chi connectivity index (χ2v) is 14.7. The molecule has 276 valence electrons. The topological polar surface area (TPSA) is 33.5 Å². The summed E-state index contributed by atoms with van der Waals surface area (Å²) in [6.07, 6.45) is 1.69. The third kappa shape index (κ3) is 6.18.